The van der Waals surface area contributed by atoms with Crippen molar-refractivity contribution < 1.29 is 13.9 Å². The van der Waals surface area contributed by atoms with Crippen LogP contribution in [0.25, 0.3) is 22.8 Å². The summed E-state index contributed by atoms with van der Waals surface area (Å²) in [7, 11) is 0. The zero-order chi connectivity index (χ0) is 24.0. The predicted molar refractivity (Wildman–Crippen MR) is 140 cm³/mol. The summed E-state index contributed by atoms with van der Waals surface area (Å²) in [6.07, 6.45) is 1.67. The van der Waals surface area contributed by atoms with E-state index < -0.39 is 0 Å². The van der Waals surface area contributed by atoms with E-state index in [1.54, 1.807) is 12.3 Å². The molecule has 0 spiro atoms. The molecule has 172 valence electrons. The standard InChI is InChI=1S/C29H21BrN2O3/c30-22-10-6-9-21(17-22)27-18-31-29(35-27)26-12-5-4-11-25(26)28(33)32-23-13-15-24(16-14-23)34-19-20-7-2-1-3-8-20/h1-18H,19H2,(H,32,33). The van der Waals surface area contributed by atoms with Crippen molar-refractivity contribution in [3.63, 3.8) is 0 Å². The maximum absolute atomic E-state index is 13.1. The normalized spacial score (nSPS) is 10.7. The average Bonchev–Trinajstić information content (AvgIpc) is 3.39. The van der Waals surface area contributed by atoms with Crippen LogP contribution in [0.4, 0.5) is 5.69 Å². The number of carbonyl (C=O) groups excluding carboxylic acids is 1. The summed E-state index contributed by atoms with van der Waals surface area (Å²) in [5, 5.41) is 2.95. The van der Waals surface area contributed by atoms with Gasteiger partial charge in [-0.05, 0) is 54.1 Å². The molecule has 0 saturated heterocycles. The van der Waals surface area contributed by atoms with Gasteiger partial charge in [0, 0.05) is 21.3 Å². The third-order valence-electron chi connectivity index (χ3n) is 5.38. The fourth-order valence-corrected chi connectivity index (χ4v) is 4.01. The number of hydrogen-bond acceptors (Lipinski definition) is 4. The van der Waals surface area contributed by atoms with Gasteiger partial charge in [-0.2, -0.15) is 0 Å². The minimum Gasteiger partial charge on any atom is -0.489 e. The highest BCUT2D eigenvalue weighted by atomic mass is 79.9. The highest BCUT2D eigenvalue weighted by Crippen LogP contribution is 2.30. The lowest BCUT2D eigenvalue weighted by Gasteiger charge is -2.10. The molecular formula is C29H21BrN2O3. The van der Waals surface area contributed by atoms with Crippen LogP contribution in [0, 0.1) is 0 Å². The van der Waals surface area contributed by atoms with Crippen molar-refractivity contribution in [2.45, 2.75) is 6.61 Å². The SMILES string of the molecule is O=C(Nc1ccc(OCc2ccccc2)cc1)c1ccccc1-c1ncc(-c2cccc(Br)c2)o1. The number of aromatic nitrogens is 1. The molecule has 0 aliphatic carbocycles. The molecule has 0 radical (unpaired) electrons. The third kappa shape index (κ3) is 5.50. The molecule has 1 heterocycles. The van der Waals surface area contributed by atoms with Crippen molar-refractivity contribution in [1.29, 1.82) is 0 Å². The van der Waals surface area contributed by atoms with Crippen molar-refractivity contribution in [1.82, 2.24) is 4.98 Å². The summed E-state index contributed by atoms with van der Waals surface area (Å²) in [6.45, 7) is 0.484. The van der Waals surface area contributed by atoms with Crippen LogP contribution in [0.1, 0.15) is 15.9 Å². The molecule has 0 bridgehead atoms. The zero-order valence-corrected chi connectivity index (χ0v) is 20.2. The number of oxazole rings is 1. The van der Waals surface area contributed by atoms with Crippen LogP contribution in [0.15, 0.2) is 118 Å². The molecule has 1 aromatic heterocycles. The lowest BCUT2D eigenvalue weighted by molar-refractivity contribution is 0.102. The molecule has 0 aliphatic rings. The largest absolute Gasteiger partial charge is 0.489 e. The van der Waals surface area contributed by atoms with E-state index in [0.717, 1.165) is 21.3 Å². The lowest BCUT2D eigenvalue weighted by Crippen LogP contribution is -2.13. The summed E-state index contributed by atoms with van der Waals surface area (Å²) in [5.41, 5.74) is 3.75. The van der Waals surface area contributed by atoms with E-state index >= 15 is 0 Å². The summed E-state index contributed by atoms with van der Waals surface area (Å²) in [6, 6.07) is 32.3. The van der Waals surface area contributed by atoms with E-state index in [2.05, 4.69) is 26.2 Å². The Kier molecular flexibility index (Phi) is 6.73. The van der Waals surface area contributed by atoms with Gasteiger partial charge in [0.15, 0.2) is 5.76 Å². The Morgan fingerprint density at radius 1 is 0.886 bits per heavy atom. The number of nitrogens with one attached hydrogen (secondary N) is 1. The van der Waals surface area contributed by atoms with Crippen molar-refractivity contribution in [3.05, 3.63) is 125 Å². The fourth-order valence-electron chi connectivity index (χ4n) is 3.62. The Hall–Kier alpha value is -4.16. The van der Waals surface area contributed by atoms with E-state index in [4.69, 9.17) is 9.15 Å². The first-order chi connectivity index (χ1) is 17.2. The van der Waals surface area contributed by atoms with Crippen LogP contribution in [0.2, 0.25) is 0 Å². The second-order valence-corrected chi connectivity index (χ2v) is 8.75. The van der Waals surface area contributed by atoms with E-state index in [9.17, 15) is 4.79 Å². The molecule has 0 aliphatic heterocycles. The number of hydrogen-bond donors (Lipinski definition) is 1. The number of ether oxygens (including phenoxy) is 1. The third-order valence-corrected chi connectivity index (χ3v) is 5.87. The van der Waals surface area contributed by atoms with Crippen molar-refractivity contribution in [2.75, 3.05) is 5.32 Å². The van der Waals surface area contributed by atoms with Gasteiger partial charge in [-0.3, -0.25) is 4.79 Å². The molecule has 0 fully saturated rings. The molecule has 1 N–H and O–H groups in total. The molecule has 0 unspecified atom stereocenters. The number of carbonyl (C=O) groups is 1. The smallest absolute Gasteiger partial charge is 0.256 e. The van der Waals surface area contributed by atoms with E-state index in [0.29, 0.717) is 35.1 Å². The van der Waals surface area contributed by atoms with Gasteiger partial charge >= 0.3 is 0 Å². The Morgan fingerprint density at radius 2 is 1.66 bits per heavy atom. The zero-order valence-electron chi connectivity index (χ0n) is 18.6. The highest BCUT2D eigenvalue weighted by molar-refractivity contribution is 9.10. The number of halogens is 1. The van der Waals surface area contributed by atoms with Gasteiger partial charge in [0.1, 0.15) is 12.4 Å². The maximum atomic E-state index is 13.1. The van der Waals surface area contributed by atoms with Gasteiger partial charge in [-0.25, -0.2) is 4.98 Å². The number of benzene rings is 4. The maximum Gasteiger partial charge on any atom is 0.256 e. The van der Waals surface area contributed by atoms with Gasteiger partial charge in [0.2, 0.25) is 5.89 Å². The van der Waals surface area contributed by atoms with Crippen molar-refractivity contribution >= 4 is 27.5 Å². The second-order valence-electron chi connectivity index (χ2n) is 7.84. The fraction of sp³-hybridized carbons (Fsp3) is 0.0345. The van der Waals surface area contributed by atoms with Crippen LogP contribution < -0.4 is 10.1 Å². The molecule has 5 nitrogen and oxygen atoms in total. The molecule has 5 aromatic rings. The highest BCUT2D eigenvalue weighted by Gasteiger charge is 2.17. The molecule has 6 heteroatoms. The molecule has 0 atom stereocenters. The molecule has 5 rings (SSSR count). The monoisotopic (exact) mass is 524 g/mol. The van der Waals surface area contributed by atoms with E-state index in [1.807, 2.05) is 97.1 Å². The number of rotatable bonds is 7. The number of anilines is 1. The topological polar surface area (TPSA) is 64.4 Å². The molecular weight excluding hydrogens is 504 g/mol. The van der Waals surface area contributed by atoms with Crippen LogP contribution in [-0.4, -0.2) is 10.9 Å². The summed E-state index contributed by atoms with van der Waals surface area (Å²) in [5.74, 6) is 1.49. The first-order valence-electron chi connectivity index (χ1n) is 11.0. The van der Waals surface area contributed by atoms with Gasteiger partial charge in [-0.15, -0.1) is 0 Å². The molecule has 0 saturated carbocycles. The van der Waals surface area contributed by atoms with Gasteiger partial charge < -0.3 is 14.5 Å². The van der Waals surface area contributed by atoms with Crippen molar-refractivity contribution in [2.24, 2.45) is 0 Å². The summed E-state index contributed by atoms with van der Waals surface area (Å²) >= 11 is 3.47. The quantitative estimate of drug-likeness (QED) is 0.238. The van der Waals surface area contributed by atoms with Crippen molar-refractivity contribution in [3.8, 4) is 28.5 Å². The Balaban J connectivity index is 1.30. The van der Waals surface area contributed by atoms with Gasteiger partial charge in [0.25, 0.3) is 5.91 Å². The summed E-state index contributed by atoms with van der Waals surface area (Å²) in [4.78, 5) is 17.5. The number of amides is 1. The van der Waals surface area contributed by atoms with Crippen LogP contribution in [-0.2, 0) is 6.61 Å². The van der Waals surface area contributed by atoms with Crippen LogP contribution >= 0.6 is 15.9 Å². The van der Waals surface area contributed by atoms with E-state index in [1.165, 1.54) is 0 Å². The second kappa shape index (κ2) is 10.4. The summed E-state index contributed by atoms with van der Waals surface area (Å²) < 4.78 is 12.8. The Morgan fingerprint density at radius 3 is 2.46 bits per heavy atom. The van der Waals surface area contributed by atoms with Gasteiger partial charge in [0.05, 0.1) is 11.8 Å². The average molecular weight is 525 g/mol. The van der Waals surface area contributed by atoms with E-state index in [-0.39, 0.29) is 5.91 Å². The molecule has 1 amide bonds. The minimum absolute atomic E-state index is 0.249. The first kappa shape index (κ1) is 22.6. The lowest BCUT2D eigenvalue weighted by atomic mass is 10.1. The minimum atomic E-state index is -0.249. The molecule has 35 heavy (non-hydrogen) atoms. The first-order valence-corrected chi connectivity index (χ1v) is 11.8. The van der Waals surface area contributed by atoms with Crippen LogP contribution in [0.5, 0.6) is 5.75 Å². The Labute approximate surface area is 211 Å². The number of nitrogens with zero attached hydrogens (tertiary/aromatic N) is 1. The molecule has 4 aromatic carbocycles. The van der Waals surface area contributed by atoms with Crippen LogP contribution in [0.3, 0.4) is 0 Å². The van der Waals surface area contributed by atoms with Gasteiger partial charge in [-0.1, -0.05) is 70.5 Å². The predicted octanol–water partition coefficient (Wildman–Crippen LogP) is 7.60. The Bertz CT molecular complexity index is 1450.